The molecule has 114 valence electrons. The number of hydrogen-bond acceptors (Lipinski definition) is 7. The minimum atomic E-state index is -1.77. The number of anilines is 1. The van der Waals surface area contributed by atoms with Crippen LogP contribution in [0, 0.1) is 12.3 Å². The lowest BCUT2D eigenvalue weighted by Crippen LogP contribution is -2.45. The molecule has 0 bridgehead atoms. The fourth-order valence-electron chi connectivity index (χ4n) is 2.28. The molecule has 1 aromatic heterocycles. The maximum Gasteiger partial charge on any atom is 0.351 e. The van der Waals surface area contributed by atoms with Crippen LogP contribution in [0.15, 0.2) is 11.0 Å². The molecule has 8 nitrogen and oxygen atoms in total. The van der Waals surface area contributed by atoms with Gasteiger partial charge >= 0.3 is 5.69 Å². The number of terminal acetylenes is 1. The molecule has 1 saturated heterocycles. The van der Waals surface area contributed by atoms with E-state index in [0.717, 1.165) is 4.57 Å². The van der Waals surface area contributed by atoms with Crippen molar-refractivity contribution in [2.75, 3.05) is 12.3 Å². The molecule has 21 heavy (non-hydrogen) atoms. The molecule has 4 atom stereocenters. The van der Waals surface area contributed by atoms with Crippen LogP contribution in [-0.4, -0.2) is 49.3 Å². The van der Waals surface area contributed by atoms with E-state index in [2.05, 4.69) is 10.9 Å². The first kappa shape index (κ1) is 15.5. The summed E-state index contributed by atoms with van der Waals surface area (Å²) in [4.78, 5) is 15.6. The van der Waals surface area contributed by atoms with Crippen molar-refractivity contribution in [1.29, 1.82) is 0 Å². The molecule has 5 N–H and O–H groups in total. The molecule has 2 heterocycles. The van der Waals surface area contributed by atoms with Crippen molar-refractivity contribution in [1.82, 2.24) is 9.55 Å². The van der Waals surface area contributed by atoms with Gasteiger partial charge in [-0.05, 0) is 6.42 Å². The average Bonchev–Trinajstić information content (AvgIpc) is 2.73. The van der Waals surface area contributed by atoms with Gasteiger partial charge in [0.05, 0.1) is 6.61 Å². The lowest BCUT2D eigenvalue weighted by molar-refractivity contribution is -0.0936. The van der Waals surface area contributed by atoms with Crippen molar-refractivity contribution in [3.05, 3.63) is 22.2 Å². The van der Waals surface area contributed by atoms with Gasteiger partial charge in [-0.2, -0.15) is 4.98 Å². The summed E-state index contributed by atoms with van der Waals surface area (Å²) < 4.78 is 6.39. The standard InChI is InChI=1S/C13H17N3O5/c1-3-7-5-16(12(20)15-10(7)14)11-8(18)9(19)13(4-2,6-17)21-11/h2,5,8-9,11,17-19H,3,6H2,1H3,(H2,14,15,20)/t8-,9-,11?,13+/m0/s1. The quantitative estimate of drug-likeness (QED) is 0.474. The summed E-state index contributed by atoms with van der Waals surface area (Å²) in [5.41, 5.74) is 3.69. The molecule has 1 unspecified atom stereocenters. The Labute approximate surface area is 120 Å². The van der Waals surface area contributed by atoms with Gasteiger partial charge in [-0.25, -0.2) is 4.79 Å². The first-order valence-electron chi connectivity index (χ1n) is 6.40. The third-order valence-corrected chi connectivity index (χ3v) is 3.62. The van der Waals surface area contributed by atoms with E-state index in [-0.39, 0.29) is 5.82 Å². The Morgan fingerprint density at radius 1 is 1.62 bits per heavy atom. The Hall–Kier alpha value is -1.92. The molecular weight excluding hydrogens is 278 g/mol. The highest BCUT2D eigenvalue weighted by Crippen LogP contribution is 2.36. The van der Waals surface area contributed by atoms with Crippen LogP contribution in [0.3, 0.4) is 0 Å². The summed E-state index contributed by atoms with van der Waals surface area (Å²) in [6.45, 7) is 1.12. The van der Waals surface area contributed by atoms with Crippen molar-refractivity contribution in [2.24, 2.45) is 0 Å². The average molecular weight is 295 g/mol. The van der Waals surface area contributed by atoms with Gasteiger partial charge in [-0.15, -0.1) is 6.42 Å². The van der Waals surface area contributed by atoms with Crippen LogP contribution < -0.4 is 11.4 Å². The Balaban J connectivity index is 2.49. The molecule has 0 radical (unpaired) electrons. The first-order valence-corrected chi connectivity index (χ1v) is 6.40. The highest BCUT2D eigenvalue weighted by molar-refractivity contribution is 5.36. The lowest BCUT2D eigenvalue weighted by atomic mass is 9.97. The summed E-state index contributed by atoms with van der Waals surface area (Å²) in [5, 5.41) is 29.4. The van der Waals surface area contributed by atoms with Gasteiger partial charge in [0.1, 0.15) is 18.0 Å². The molecule has 0 aromatic carbocycles. The predicted octanol–water partition coefficient (Wildman–Crippen LogP) is -2.00. The van der Waals surface area contributed by atoms with Crippen molar-refractivity contribution in [2.45, 2.75) is 37.4 Å². The number of nitrogen functional groups attached to an aromatic ring is 1. The first-order chi connectivity index (χ1) is 9.90. The van der Waals surface area contributed by atoms with E-state index in [4.69, 9.17) is 16.9 Å². The predicted molar refractivity (Wildman–Crippen MR) is 73.1 cm³/mol. The fraction of sp³-hybridized carbons (Fsp3) is 0.538. The van der Waals surface area contributed by atoms with Crippen molar-refractivity contribution in [3.8, 4) is 12.3 Å². The van der Waals surface area contributed by atoms with Crippen LogP contribution in [0.5, 0.6) is 0 Å². The number of aromatic nitrogens is 2. The van der Waals surface area contributed by atoms with Crippen molar-refractivity contribution >= 4 is 5.82 Å². The molecule has 0 saturated carbocycles. The lowest BCUT2D eigenvalue weighted by Gasteiger charge is -2.23. The van der Waals surface area contributed by atoms with Crippen molar-refractivity contribution < 1.29 is 20.1 Å². The number of nitrogens with two attached hydrogens (primary N) is 1. The van der Waals surface area contributed by atoms with Gasteiger partial charge in [0.25, 0.3) is 0 Å². The topological polar surface area (TPSA) is 131 Å². The van der Waals surface area contributed by atoms with E-state index in [9.17, 15) is 20.1 Å². The van der Waals surface area contributed by atoms with Crippen LogP contribution in [0.25, 0.3) is 0 Å². The zero-order chi connectivity index (χ0) is 15.8. The van der Waals surface area contributed by atoms with E-state index in [1.165, 1.54) is 6.20 Å². The molecule has 1 aliphatic rings. The van der Waals surface area contributed by atoms with Gasteiger partial charge in [-0.3, -0.25) is 4.57 Å². The molecule has 1 aromatic rings. The third-order valence-electron chi connectivity index (χ3n) is 3.62. The van der Waals surface area contributed by atoms with Crippen LogP contribution in [0.4, 0.5) is 5.82 Å². The summed E-state index contributed by atoms with van der Waals surface area (Å²) in [6, 6.07) is 0. The van der Waals surface area contributed by atoms with Gasteiger partial charge < -0.3 is 25.8 Å². The Bertz CT molecular complexity index is 638. The molecule has 1 fully saturated rings. The molecule has 1 aliphatic heterocycles. The number of hydrogen-bond donors (Lipinski definition) is 4. The fourth-order valence-corrected chi connectivity index (χ4v) is 2.28. The van der Waals surface area contributed by atoms with Crippen LogP contribution in [0.1, 0.15) is 18.7 Å². The highest BCUT2D eigenvalue weighted by Gasteiger charge is 2.54. The molecular formula is C13H17N3O5. The second-order valence-electron chi connectivity index (χ2n) is 4.83. The molecule has 2 rings (SSSR count). The van der Waals surface area contributed by atoms with E-state index >= 15 is 0 Å². The second kappa shape index (κ2) is 5.46. The summed E-state index contributed by atoms with van der Waals surface area (Å²) in [6.07, 6.45) is 2.90. The molecule has 0 aliphatic carbocycles. The van der Waals surface area contributed by atoms with Gasteiger partial charge in [0.2, 0.25) is 0 Å². The summed E-state index contributed by atoms with van der Waals surface area (Å²) >= 11 is 0. The molecule has 0 spiro atoms. The SMILES string of the molecule is C#C[C@]1(CO)OC(n2cc(CC)c(N)nc2=O)[C@@H](O)[C@@H]1O. The normalized spacial score (nSPS) is 32.0. The van der Waals surface area contributed by atoms with Crippen LogP contribution >= 0.6 is 0 Å². The second-order valence-corrected chi connectivity index (χ2v) is 4.83. The number of ether oxygens (including phenoxy) is 1. The minimum Gasteiger partial charge on any atom is -0.392 e. The minimum absolute atomic E-state index is 0.0946. The molecule has 8 heteroatoms. The largest absolute Gasteiger partial charge is 0.392 e. The van der Waals surface area contributed by atoms with Gasteiger partial charge in [0.15, 0.2) is 11.8 Å². The number of aliphatic hydroxyl groups is 3. The van der Waals surface area contributed by atoms with Crippen LogP contribution in [-0.2, 0) is 11.2 Å². The third kappa shape index (κ3) is 2.30. The maximum absolute atomic E-state index is 11.9. The van der Waals surface area contributed by atoms with Gasteiger partial charge in [0, 0.05) is 11.8 Å². The monoisotopic (exact) mass is 295 g/mol. The zero-order valence-corrected chi connectivity index (χ0v) is 11.4. The van der Waals surface area contributed by atoms with E-state index < -0.39 is 36.3 Å². The maximum atomic E-state index is 11.9. The van der Waals surface area contributed by atoms with Crippen LogP contribution in [0.2, 0.25) is 0 Å². The van der Waals surface area contributed by atoms with E-state index in [1.807, 2.05) is 6.92 Å². The zero-order valence-electron chi connectivity index (χ0n) is 11.4. The Kier molecular flexibility index (Phi) is 4.02. The Morgan fingerprint density at radius 2 is 2.29 bits per heavy atom. The highest BCUT2D eigenvalue weighted by atomic mass is 16.6. The van der Waals surface area contributed by atoms with Crippen molar-refractivity contribution in [3.63, 3.8) is 0 Å². The van der Waals surface area contributed by atoms with E-state index in [1.54, 1.807) is 0 Å². The smallest absolute Gasteiger partial charge is 0.351 e. The summed E-state index contributed by atoms with van der Waals surface area (Å²) in [7, 11) is 0. The summed E-state index contributed by atoms with van der Waals surface area (Å²) in [5.74, 6) is 2.22. The number of aryl methyl sites for hydroxylation is 1. The van der Waals surface area contributed by atoms with Gasteiger partial charge in [-0.1, -0.05) is 12.8 Å². The number of rotatable bonds is 3. The van der Waals surface area contributed by atoms with E-state index in [0.29, 0.717) is 12.0 Å². The Morgan fingerprint density at radius 3 is 2.76 bits per heavy atom. The number of aliphatic hydroxyl groups excluding tert-OH is 3. The number of nitrogens with zero attached hydrogens (tertiary/aromatic N) is 2. The molecule has 0 amide bonds.